The number of nitrogens with zero attached hydrogens (tertiary/aromatic N) is 3. The van der Waals surface area contributed by atoms with Crippen LogP contribution in [0.5, 0.6) is 0 Å². The predicted molar refractivity (Wildman–Crippen MR) is 78.9 cm³/mol. The van der Waals surface area contributed by atoms with E-state index in [4.69, 9.17) is 11.0 Å². The number of nitrogens with two attached hydrogens (primary N) is 1. The Hall–Kier alpha value is -2.28. The van der Waals surface area contributed by atoms with E-state index in [-0.39, 0.29) is 0 Å². The quantitative estimate of drug-likeness (QED) is 0.924. The van der Waals surface area contributed by atoms with Gasteiger partial charge < -0.3 is 5.73 Å². The first-order valence-electron chi connectivity index (χ1n) is 7.02. The van der Waals surface area contributed by atoms with Crippen LogP contribution in [0.4, 0.5) is 5.82 Å². The van der Waals surface area contributed by atoms with Crippen molar-refractivity contribution in [3.63, 3.8) is 0 Å². The monoisotopic (exact) mass is 266 g/mol. The highest BCUT2D eigenvalue weighted by molar-refractivity contribution is 5.68. The van der Waals surface area contributed by atoms with Gasteiger partial charge in [-0.2, -0.15) is 10.4 Å². The molecule has 0 radical (unpaired) electrons. The van der Waals surface area contributed by atoms with Crippen LogP contribution >= 0.6 is 0 Å². The minimum absolute atomic E-state index is 0.597. The van der Waals surface area contributed by atoms with Crippen LogP contribution in [0.1, 0.15) is 30.4 Å². The van der Waals surface area contributed by atoms with Crippen LogP contribution in [0.15, 0.2) is 24.3 Å². The lowest BCUT2D eigenvalue weighted by Crippen LogP contribution is -2.04. The van der Waals surface area contributed by atoms with Crippen molar-refractivity contribution in [2.75, 3.05) is 5.73 Å². The van der Waals surface area contributed by atoms with Crippen molar-refractivity contribution in [1.82, 2.24) is 9.78 Å². The van der Waals surface area contributed by atoms with Crippen molar-refractivity contribution in [2.45, 2.75) is 32.7 Å². The number of rotatable bonds is 4. The first-order valence-corrected chi connectivity index (χ1v) is 7.02. The number of nitriles is 1. The molecule has 2 N–H and O–H groups in total. The molecule has 0 aliphatic heterocycles. The standard InChI is InChI=1S/C16H18N4/c1-11-15(14-6-4-13(10-17)5-7-14)20(19-16(11)18)9-8-12-2-3-12/h4-7,12H,2-3,8-9H2,1H3,(H2,18,19). The van der Waals surface area contributed by atoms with Crippen LogP contribution in [0.25, 0.3) is 11.3 Å². The Morgan fingerprint density at radius 2 is 2.05 bits per heavy atom. The molecule has 0 spiro atoms. The lowest BCUT2D eigenvalue weighted by molar-refractivity contribution is 0.553. The van der Waals surface area contributed by atoms with Crippen molar-refractivity contribution in [3.05, 3.63) is 35.4 Å². The molecule has 1 saturated carbocycles. The molecule has 102 valence electrons. The first-order chi connectivity index (χ1) is 9.69. The number of nitrogen functional groups attached to an aromatic ring is 1. The first kappa shape index (κ1) is 12.7. The van der Waals surface area contributed by atoms with Gasteiger partial charge in [0, 0.05) is 17.7 Å². The van der Waals surface area contributed by atoms with Crippen LogP contribution < -0.4 is 5.73 Å². The molecule has 4 heteroatoms. The highest BCUT2D eigenvalue weighted by Crippen LogP contribution is 2.34. The zero-order chi connectivity index (χ0) is 14.1. The summed E-state index contributed by atoms with van der Waals surface area (Å²) in [5, 5.41) is 13.3. The average Bonchev–Trinajstić information content (AvgIpc) is 3.25. The largest absolute Gasteiger partial charge is 0.382 e. The fraction of sp³-hybridized carbons (Fsp3) is 0.375. The van der Waals surface area contributed by atoms with Crippen LogP contribution in [0.3, 0.4) is 0 Å². The Kier molecular flexibility index (Phi) is 3.19. The third-order valence-electron chi connectivity index (χ3n) is 3.96. The molecule has 0 amide bonds. The fourth-order valence-electron chi connectivity index (χ4n) is 2.51. The van der Waals surface area contributed by atoms with Crippen molar-refractivity contribution >= 4 is 5.82 Å². The second kappa shape index (κ2) is 5.01. The number of hydrogen-bond donors (Lipinski definition) is 1. The molecule has 0 saturated heterocycles. The van der Waals surface area contributed by atoms with Gasteiger partial charge in [-0.05, 0) is 31.4 Å². The molecule has 1 aliphatic carbocycles. The molecular weight excluding hydrogens is 248 g/mol. The van der Waals surface area contributed by atoms with E-state index in [0.717, 1.165) is 29.3 Å². The van der Waals surface area contributed by atoms with E-state index in [1.807, 2.05) is 35.9 Å². The molecule has 1 fully saturated rings. The molecule has 4 nitrogen and oxygen atoms in total. The van der Waals surface area contributed by atoms with Gasteiger partial charge >= 0.3 is 0 Å². The molecule has 3 rings (SSSR count). The SMILES string of the molecule is Cc1c(N)nn(CCC2CC2)c1-c1ccc(C#N)cc1. The molecular formula is C16H18N4. The van der Waals surface area contributed by atoms with Crippen LogP contribution in [0, 0.1) is 24.2 Å². The zero-order valence-corrected chi connectivity index (χ0v) is 11.6. The van der Waals surface area contributed by atoms with E-state index in [1.54, 1.807) is 0 Å². The summed E-state index contributed by atoms with van der Waals surface area (Å²) in [6.07, 6.45) is 3.87. The summed E-state index contributed by atoms with van der Waals surface area (Å²) in [6, 6.07) is 9.75. The Morgan fingerprint density at radius 1 is 1.35 bits per heavy atom. The number of anilines is 1. The minimum Gasteiger partial charge on any atom is -0.382 e. The molecule has 1 aromatic carbocycles. The van der Waals surface area contributed by atoms with Gasteiger partial charge in [-0.1, -0.05) is 25.0 Å². The van der Waals surface area contributed by atoms with Crippen LogP contribution in [-0.2, 0) is 6.54 Å². The van der Waals surface area contributed by atoms with Gasteiger partial charge in [-0.15, -0.1) is 0 Å². The zero-order valence-electron chi connectivity index (χ0n) is 11.6. The van der Waals surface area contributed by atoms with E-state index in [1.165, 1.54) is 19.3 Å². The molecule has 0 atom stereocenters. The number of benzene rings is 1. The lowest BCUT2D eigenvalue weighted by Gasteiger charge is -2.08. The smallest absolute Gasteiger partial charge is 0.149 e. The molecule has 1 heterocycles. The van der Waals surface area contributed by atoms with E-state index in [9.17, 15) is 0 Å². The number of aromatic nitrogens is 2. The van der Waals surface area contributed by atoms with Gasteiger partial charge in [0.15, 0.2) is 0 Å². The van der Waals surface area contributed by atoms with E-state index >= 15 is 0 Å². The average molecular weight is 266 g/mol. The molecule has 0 unspecified atom stereocenters. The van der Waals surface area contributed by atoms with E-state index in [0.29, 0.717) is 11.4 Å². The summed E-state index contributed by atoms with van der Waals surface area (Å²) in [7, 11) is 0. The summed E-state index contributed by atoms with van der Waals surface area (Å²) in [4.78, 5) is 0. The van der Waals surface area contributed by atoms with Gasteiger partial charge in [-0.3, -0.25) is 4.68 Å². The number of hydrogen-bond acceptors (Lipinski definition) is 3. The maximum Gasteiger partial charge on any atom is 0.149 e. The van der Waals surface area contributed by atoms with Gasteiger partial charge in [0.1, 0.15) is 5.82 Å². The highest BCUT2D eigenvalue weighted by atomic mass is 15.3. The Bertz CT molecular complexity index is 657. The maximum absolute atomic E-state index is 8.88. The van der Waals surface area contributed by atoms with Crippen LogP contribution in [-0.4, -0.2) is 9.78 Å². The second-order valence-electron chi connectivity index (χ2n) is 5.50. The summed E-state index contributed by atoms with van der Waals surface area (Å²) in [6.45, 7) is 2.92. The van der Waals surface area contributed by atoms with Gasteiger partial charge in [0.2, 0.25) is 0 Å². The normalized spacial score (nSPS) is 14.2. The maximum atomic E-state index is 8.88. The van der Waals surface area contributed by atoms with Crippen LogP contribution in [0.2, 0.25) is 0 Å². The number of aryl methyl sites for hydroxylation is 1. The third kappa shape index (κ3) is 2.39. The fourth-order valence-corrected chi connectivity index (χ4v) is 2.51. The summed E-state index contributed by atoms with van der Waals surface area (Å²) in [5.41, 5.74) is 9.81. The molecule has 2 aromatic rings. The topological polar surface area (TPSA) is 67.6 Å². The third-order valence-corrected chi connectivity index (χ3v) is 3.96. The highest BCUT2D eigenvalue weighted by Gasteiger charge is 2.22. The van der Waals surface area contributed by atoms with Crippen molar-refractivity contribution in [3.8, 4) is 17.3 Å². The molecule has 0 bridgehead atoms. The minimum atomic E-state index is 0.597. The Labute approximate surface area is 118 Å². The summed E-state index contributed by atoms with van der Waals surface area (Å²) in [5.74, 6) is 1.47. The van der Waals surface area contributed by atoms with Gasteiger partial charge in [0.05, 0.1) is 17.3 Å². The van der Waals surface area contributed by atoms with E-state index < -0.39 is 0 Å². The Balaban J connectivity index is 1.94. The summed E-state index contributed by atoms with van der Waals surface area (Å²) < 4.78 is 2.02. The Morgan fingerprint density at radius 3 is 2.65 bits per heavy atom. The van der Waals surface area contributed by atoms with Crippen molar-refractivity contribution in [1.29, 1.82) is 5.26 Å². The second-order valence-corrected chi connectivity index (χ2v) is 5.50. The molecule has 20 heavy (non-hydrogen) atoms. The predicted octanol–water partition coefficient (Wildman–Crippen LogP) is 3.11. The lowest BCUT2D eigenvalue weighted by atomic mass is 10.1. The van der Waals surface area contributed by atoms with E-state index in [2.05, 4.69) is 11.2 Å². The van der Waals surface area contributed by atoms with Gasteiger partial charge in [-0.25, -0.2) is 0 Å². The van der Waals surface area contributed by atoms with Crippen molar-refractivity contribution in [2.24, 2.45) is 5.92 Å². The molecule has 1 aliphatic rings. The van der Waals surface area contributed by atoms with Gasteiger partial charge in [0.25, 0.3) is 0 Å². The van der Waals surface area contributed by atoms with Crippen molar-refractivity contribution < 1.29 is 0 Å². The molecule has 1 aromatic heterocycles. The summed E-state index contributed by atoms with van der Waals surface area (Å²) >= 11 is 0.